The van der Waals surface area contributed by atoms with Gasteiger partial charge in [0.2, 0.25) is 5.82 Å². The number of nitrogens with zero attached hydrogens (tertiary/aromatic N) is 6. The molecule has 0 aliphatic rings. The molecule has 0 saturated carbocycles. The first-order valence-electron chi connectivity index (χ1n) is 6.12. The molecule has 1 aromatic carbocycles. The van der Waals surface area contributed by atoms with Crippen LogP contribution >= 0.6 is 0 Å². The molecule has 0 amide bonds. The summed E-state index contributed by atoms with van der Waals surface area (Å²) in [4.78, 5) is 5.61. The SMILES string of the molecule is Cn1nnc(-c2ccc(-c3c(O)cccc3C#N)cn2)n1. The average Bonchev–Trinajstić information content (AvgIpc) is 2.94. The fourth-order valence-corrected chi connectivity index (χ4v) is 2.00. The Morgan fingerprint density at radius 2 is 2.10 bits per heavy atom. The molecule has 0 bridgehead atoms. The molecule has 7 heteroatoms. The van der Waals surface area contributed by atoms with Crippen LogP contribution in [0, 0.1) is 11.3 Å². The number of tetrazole rings is 1. The lowest BCUT2D eigenvalue weighted by atomic mass is 10.0. The number of phenolic OH excluding ortho intramolecular Hbond substituents is 1. The van der Waals surface area contributed by atoms with Gasteiger partial charge in [-0.3, -0.25) is 4.98 Å². The standard InChI is InChI=1S/C14H10N6O/c1-20-18-14(17-19-20)11-6-5-10(8-16-11)13-9(7-15)3-2-4-12(13)21/h2-6,8,21H,1H3. The predicted octanol–water partition coefficient (Wildman–Crippen LogP) is 1.52. The molecule has 0 aliphatic heterocycles. The number of hydrogen-bond donors (Lipinski definition) is 1. The molecule has 3 rings (SSSR count). The lowest BCUT2D eigenvalue weighted by Crippen LogP contribution is -1.93. The van der Waals surface area contributed by atoms with Crippen molar-refractivity contribution in [1.29, 1.82) is 5.26 Å². The number of aryl methyl sites for hydroxylation is 1. The third-order valence-electron chi connectivity index (χ3n) is 2.95. The van der Waals surface area contributed by atoms with Gasteiger partial charge in [-0.2, -0.15) is 10.1 Å². The monoisotopic (exact) mass is 278 g/mol. The molecule has 0 spiro atoms. The van der Waals surface area contributed by atoms with E-state index >= 15 is 0 Å². The van der Waals surface area contributed by atoms with Gasteiger partial charge in [-0.05, 0) is 23.4 Å². The van der Waals surface area contributed by atoms with Gasteiger partial charge in [-0.1, -0.05) is 12.1 Å². The lowest BCUT2D eigenvalue weighted by Gasteiger charge is -2.06. The van der Waals surface area contributed by atoms with Crippen LogP contribution in [0.4, 0.5) is 0 Å². The van der Waals surface area contributed by atoms with Gasteiger partial charge >= 0.3 is 0 Å². The van der Waals surface area contributed by atoms with E-state index in [4.69, 9.17) is 5.26 Å². The Morgan fingerprint density at radius 3 is 2.71 bits per heavy atom. The van der Waals surface area contributed by atoms with Gasteiger partial charge in [-0.15, -0.1) is 10.2 Å². The topological polar surface area (TPSA) is 101 Å². The van der Waals surface area contributed by atoms with Gasteiger partial charge in [0.25, 0.3) is 0 Å². The van der Waals surface area contributed by atoms with Crippen LogP contribution in [0.25, 0.3) is 22.6 Å². The van der Waals surface area contributed by atoms with Crippen LogP contribution in [0.15, 0.2) is 36.5 Å². The summed E-state index contributed by atoms with van der Waals surface area (Å²) in [5.41, 5.74) is 2.08. The maximum atomic E-state index is 9.95. The Morgan fingerprint density at radius 1 is 1.24 bits per heavy atom. The highest BCUT2D eigenvalue weighted by molar-refractivity contribution is 5.76. The Kier molecular flexibility index (Phi) is 3.04. The molecular weight excluding hydrogens is 268 g/mol. The number of phenols is 1. The zero-order valence-corrected chi connectivity index (χ0v) is 11.1. The molecule has 7 nitrogen and oxygen atoms in total. The van der Waals surface area contributed by atoms with E-state index < -0.39 is 0 Å². The van der Waals surface area contributed by atoms with Crippen LogP contribution in [0.3, 0.4) is 0 Å². The van der Waals surface area contributed by atoms with Crippen molar-refractivity contribution in [2.24, 2.45) is 7.05 Å². The molecule has 102 valence electrons. The number of nitriles is 1. The summed E-state index contributed by atoms with van der Waals surface area (Å²) in [7, 11) is 1.67. The summed E-state index contributed by atoms with van der Waals surface area (Å²) in [6.45, 7) is 0. The second-order valence-electron chi connectivity index (χ2n) is 4.35. The summed E-state index contributed by atoms with van der Waals surface area (Å²) in [5.74, 6) is 0.461. The number of aromatic nitrogens is 5. The van der Waals surface area contributed by atoms with Gasteiger partial charge < -0.3 is 5.11 Å². The number of pyridine rings is 1. The molecule has 1 N–H and O–H groups in total. The van der Waals surface area contributed by atoms with Crippen LogP contribution in [-0.4, -0.2) is 30.3 Å². The minimum atomic E-state index is 0.0428. The van der Waals surface area contributed by atoms with Crippen LogP contribution < -0.4 is 0 Å². The summed E-state index contributed by atoms with van der Waals surface area (Å²) in [6.07, 6.45) is 1.57. The molecule has 3 aromatic rings. The van der Waals surface area contributed by atoms with E-state index in [2.05, 4.69) is 26.5 Å². The van der Waals surface area contributed by atoms with Crippen molar-refractivity contribution in [2.75, 3.05) is 0 Å². The lowest BCUT2D eigenvalue weighted by molar-refractivity contribution is 0.477. The van der Waals surface area contributed by atoms with E-state index in [0.717, 1.165) is 0 Å². The van der Waals surface area contributed by atoms with Gasteiger partial charge in [0.05, 0.1) is 18.7 Å². The minimum absolute atomic E-state index is 0.0428. The van der Waals surface area contributed by atoms with Crippen LogP contribution in [0.1, 0.15) is 5.56 Å². The van der Waals surface area contributed by atoms with Crippen molar-refractivity contribution in [1.82, 2.24) is 25.2 Å². The first-order chi connectivity index (χ1) is 10.2. The normalized spacial score (nSPS) is 10.3. The molecule has 0 saturated heterocycles. The molecule has 21 heavy (non-hydrogen) atoms. The molecule has 0 atom stereocenters. The number of aromatic hydroxyl groups is 1. The molecule has 0 fully saturated rings. The maximum Gasteiger partial charge on any atom is 0.223 e. The van der Waals surface area contributed by atoms with E-state index in [0.29, 0.717) is 28.2 Å². The van der Waals surface area contributed by atoms with Crippen LogP contribution in [-0.2, 0) is 7.05 Å². The predicted molar refractivity (Wildman–Crippen MR) is 73.8 cm³/mol. The highest BCUT2D eigenvalue weighted by Crippen LogP contribution is 2.32. The smallest absolute Gasteiger partial charge is 0.223 e. The third kappa shape index (κ3) is 2.30. The summed E-state index contributed by atoms with van der Waals surface area (Å²) in [6, 6.07) is 10.3. The largest absolute Gasteiger partial charge is 0.507 e. The van der Waals surface area contributed by atoms with Gasteiger partial charge in [0.15, 0.2) is 0 Å². The van der Waals surface area contributed by atoms with Crippen LogP contribution in [0.5, 0.6) is 5.75 Å². The number of benzene rings is 1. The summed E-state index contributed by atoms with van der Waals surface area (Å²) >= 11 is 0. The quantitative estimate of drug-likeness (QED) is 0.762. The fraction of sp³-hybridized carbons (Fsp3) is 0.0714. The van der Waals surface area contributed by atoms with Crippen molar-refractivity contribution >= 4 is 0 Å². The maximum absolute atomic E-state index is 9.95. The molecule has 2 heterocycles. The van der Waals surface area contributed by atoms with Crippen molar-refractivity contribution in [2.45, 2.75) is 0 Å². The number of rotatable bonds is 2. The third-order valence-corrected chi connectivity index (χ3v) is 2.95. The zero-order chi connectivity index (χ0) is 14.8. The van der Waals surface area contributed by atoms with Gasteiger partial charge in [0.1, 0.15) is 11.4 Å². The Bertz CT molecular complexity index is 831. The van der Waals surface area contributed by atoms with Crippen molar-refractivity contribution < 1.29 is 5.11 Å². The highest BCUT2D eigenvalue weighted by atomic mass is 16.3. The Balaban J connectivity index is 2.05. The van der Waals surface area contributed by atoms with Crippen molar-refractivity contribution in [3.8, 4) is 34.5 Å². The average molecular weight is 278 g/mol. The van der Waals surface area contributed by atoms with Crippen molar-refractivity contribution in [3.05, 3.63) is 42.1 Å². The Labute approximate surface area is 120 Å². The van der Waals surface area contributed by atoms with E-state index in [-0.39, 0.29) is 5.75 Å². The first kappa shape index (κ1) is 12.7. The number of hydrogen-bond acceptors (Lipinski definition) is 6. The molecule has 0 aliphatic carbocycles. The first-order valence-corrected chi connectivity index (χ1v) is 6.12. The van der Waals surface area contributed by atoms with Crippen LogP contribution in [0.2, 0.25) is 0 Å². The zero-order valence-electron chi connectivity index (χ0n) is 11.1. The Hall–Kier alpha value is -3.27. The van der Waals surface area contributed by atoms with Gasteiger partial charge in [0, 0.05) is 17.3 Å². The highest BCUT2D eigenvalue weighted by Gasteiger charge is 2.12. The molecule has 0 unspecified atom stereocenters. The van der Waals surface area contributed by atoms with E-state index in [1.807, 2.05) is 0 Å². The molecule has 2 aromatic heterocycles. The van der Waals surface area contributed by atoms with Crippen molar-refractivity contribution in [3.63, 3.8) is 0 Å². The van der Waals surface area contributed by atoms with E-state index in [1.54, 1.807) is 37.5 Å². The van der Waals surface area contributed by atoms with E-state index in [9.17, 15) is 5.11 Å². The summed E-state index contributed by atoms with van der Waals surface area (Å²) in [5, 5.41) is 30.8. The van der Waals surface area contributed by atoms with E-state index in [1.165, 1.54) is 10.9 Å². The molecule has 0 radical (unpaired) electrons. The van der Waals surface area contributed by atoms with Gasteiger partial charge in [-0.25, -0.2) is 0 Å². The fourth-order valence-electron chi connectivity index (χ4n) is 2.00. The second kappa shape index (κ2) is 5.02. The molecular formula is C14H10N6O. The second-order valence-corrected chi connectivity index (χ2v) is 4.35. The minimum Gasteiger partial charge on any atom is -0.507 e. The summed E-state index contributed by atoms with van der Waals surface area (Å²) < 4.78 is 0.